The summed E-state index contributed by atoms with van der Waals surface area (Å²) in [6.45, 7) is 4.25. The molecule has 3 aromatic carbocycles. The number of rotatable bonds is 6. The summed E-state index contributed by atoms with van der Waals surface area (Å²) >= 11 is 0. The maximum Gasteiger partial charge on any atom is 0.259 e. The summed E-state index contributed by atoms with van der Waals surface area (Å²) in [7, 11) is 0. The van der Waals surface area contributed by atoms with Gasteiger partial charge in [0.2, 0.25) is 5.91 Å². The Kier molecular flexibility index (Phi) is 4.74. The lowest BCUT2D eigenvalue weighted by atomic mass is 10.1. The first-order valence-electron chi connectivity index (χ1n) is 9.35. The number of ether oxygens (including phenoxy) is 1. The molecule has 1 heterocycles. The Bertz CT molecular complexity index is 1040. The van der Waals surface area contributed by atoms with Gasteiger partial charge in [0.05, 0.1) is 11.7 Å². The van der Waals surface area contributed by atoms with Gasteiger partial charge in [-0.2, -0.15) is 0 Å². The van der Waals surface area contributed by atoms with Crippen LogP contribution in [0.4, 0.5) is 5.69 Å². The summed E-state index contributed by atoms with van der Waals surface area (Å²) in [5.41, 5.74) is 2.61. The number of hydrogen-bond acceptors (Lipinski definition) is 3. The number of nitrogens with zero attached hydrogens (tertiary/aromatic N) is 1. The Labute approximate surface area is 163 Å². The molecule has 142 valence electrons. The van der Waals surface area contributed by atoms with E-state index in [2.05, 4.69) is 5.32 Å². The lowest BCUT2D eigenvalue weighted by molar-refractivity contribution is -0.120. The van der Waals surface area contributed by atoms with Gasteiger partial charge in [-0.15, -0.1) is 0 Å². The molecule has 0 spiro atoms. The number of aryl methyl sites for hydroxylation is 1. The van der Waals surface area contributed by atoms with Crippen molar-refractivity contribution in [3.8, 4) is 5.75 Å². The van der Waals surface area contributed by atoms with Gasteiger partial charge >= 0.3 is 0 Å². The predicted molar refractivity (Wildman–Crippen MR) is 110 cm³/mol. The minimum atomic E-state index is -0.210. The van der Waals surface area contributed by atoms with Crippen molar-refractivity contribution < 1.29 is 14.3 Å². The van der Waals surface area contributed by atoms with Crippen molar-refractivity contribution in [2.75, 3.05) is 18.1 Å². The summed E-state index contributed by atoms with van der Waals surface area (Å²) < 4.78 is 5.72. The molecule has 0 bridgehead atoms. The van der Waals surface area contributed by atoms with E-state index in [4.69, 9.17) is 4.74 Å². The zero-order chi connectivity index (χ0) is 19.7. The highest BCUT2D eigenvalue weighted by Crippen LogP contribution is 2.36. The molecule has 1 N–H and O–H groups in total. The van der Waals surface area contributed by atoms with Crippen LogP contribution in [0.15, 0.2) is 60.7 Å². The van der Waals surface area contributed by atoms with Crippen LogP contribution in [-0.4, -0.2) is 31.0 Å². The van der Waals surface area contributed by atoms with Gasteiger partial charge in [0, 0.05) is 10.9 Å². The number of nitrogens with one attached hydrogen (secondary N) is 1. The van der Waals surface area contributed by atoms with E-state index in [0.29, 0.717) is 12.2 Å². The van der Waals surface area contributed by atoms with E-state index in [1.165, 1.54) is 5.56 Å². The SMILES string of the molecule is Cc1ccc(OC[C@H](C)NC(=O)CN2C(=O)c3cccc4cccc2c34)cc1. The number of carbonyl (C=O) groups is 2. The third kappa shape index (κ3) is 3.43. The highest BCUT2D eigenvalue weighted by molar-refractivity contribution is 6.26. The quantitative estimate of drug-likeness (QED) is 0.716. The Morgan fingerprint density at radius 2 is 1.79 bits per heavy atom. The average Bonchev–Trinajstić information content (AvgIpc) is 2.96. The molecule has 1 aliphatic heterocycles. The van der Waals surface area contributed by atoms with Crippen molar-refractivity contribution in [2.24, 2.45) is 0 Å². The fourth-order valence-electron chi connectivity index (χ4n) is 3.50. The number of amides is 2. The Morgan fingerprint density at radius 3 is 2.54 bits per heavy atom. The van der Waals surface area contributed by atoms with Crippen LogP contribution < -0.4 is 15.0 Å². The first kappa shape index (κ1) is 18.0. The highest BCUT2D eigenvalue weighted by atomic mass is 16.5. The highest BCUT2D eigenvalue weighted by Gasteiger charge is 2.30. The molecule has 0 saturated carbocycles. The van der Waals surface area contributed by atoms with Crippen LogP contribution in [0.5, 0.6) is 5.75 Å². The standard InChI is InChI=1S/C23H22N2O3/c1-15-9-11-18(12-10-15)28-14-16(2)24-21(26)13-25-20-8-4-6-17-5-3-7-19(22(17)20)23(25)27/h3-12,16H,13-14H2,1-2H3,(H,24,26)/t16-/m0/s1. The van der Waals surface area contributed by atoms with Gasteiger partial charge < -0.3 is 10.1 Å². The van der Waals surface area contributed by atoms with E-state index < -0.39 is 0 Å². The molecular formula is C23H22N2O3. The number of hydrogen-bond donors (Lipinski definition) is 1. The molecule has 0 fully saturated rings. The lowest BCUT2D eigenvalue weighted by Gasteiger charge is -2.20. The van der Waals surface area contributed by atoms with Gasteiger partial charge in [0.1, 0.15) is 18.9 Å². The topological polar surface area (TPSA) is 58.6 Å². The third-order valence-corrected chi connectivity index (χ3v) is 4.88. The molecule has 3 aromatic rings. The summed E-state index contributed by atoms with van der Waals surface area (Å²) in [6, 6.07) is 19.0. The van der Waals surface area contributed by atoms with Gasteiger partial charge in [-0.3, -0.25) is 14.5 Å². The molecule has 0 unspecified atom stereocenters. The number of carbonyl (C=O) groups excluding carboxylic acids is 2. The molecule has 5 nitrogen and oxygen atoms in total. The molecule has 1 atom stereocenters. The first-order chi connectivity index (χ1) is 13.5. The monoisotopic (exact) mass is 374 g/mol. The van der Waals surface area contributed by atoms with E-state index in [9.17, 15) is 9.59 Å². The molecule has 0 aliphatic carbocycles. The van der Waals surface area contributed by atoms with Crippen LogP contribution in [0, 0.1) is 6.92 Å². The summed E-state index contributed by atoms with van der Waals surface area (Å²) in [5.74, 6) is 0.423. The Hall–Kier alpha value is -3.34. The van der Waals surface area contributed by atoms with E-state index in [-0.39, 0.29) is 24.4 Å². The largest absolute Gasteiger partial charge is 0.491 e. The second kappa shape index (κ2) is 7.35. The lowest BCUT2D eigenvalue weighted by Crippen LogP contribution is -2.44. The van der Waals surface area contributed by atoms with E-state index in [1.807, 2.05) is 74.5 Å². The van der Waals surface area contributed by atoms with Gasteiger partial charge in [0.15, 0.2) is 0 Å². The third-order valence-electron chi connectivity index (χ3n) is 4.88. The summed E-state index contributed by atoms with van der Waals surface area (Å²) in [6.07, 6.45) is 0. The molecule has 5 heteroatoms. The number of anilines is 1. The Balaban J connectivity index is 1.38. The Morgan fingerprint density at radius 1 is 1.07 bits per heavy atom. The van der Waals surface area contributed by atoms with Crippen molar-refractivity contribution >= 4 is 28.3 Å². The zero-order valence-corrected chi connectivity index (χ0v) is 15.9. The van der Waals surface area contributed by atoms with Gasteiger partial charge in [-0.1, -0.05) is 42.0 Å². The molecule has 4 rings (SSSR count). The maximum atomic E-state index is 12.8. The van der Waals surface area contributed by atoms with Crippen LogP contribution >= 0.6 is 0 Å². The normalized spacial score (nSPS) is 13.6. The maximum absolute atomic E-state index is 12.8. The van der Waals surface area contributed by atoms with Gasteiger partial charge in [-0.05, 0) is 43.5 Å². The fraction of sp³-hybridized carbons (Fsp3) is 0.217. The molecular weight excluding hydrogens is 352 g/mol. The average molecular weight is 374 g/mol. The minimum Gasteiger partial charge on any atom is -0.491 e. The molecule has 2 amide bonds. The zero-order valence-electron chi connectivity index (χ0n) is 15.9. The molecule has 0 aromatic heterocycles. The second-order valence-corrected chi connectivity index (χ2v) is 7.16. The van der Waals surface area contributed by atoms with Crippen molar-refractivity contribution in [3.05, 3.63) is 71.8 Å². The van der Waals surface area contributed by atoms with Gasteiger partial charge in [-0.25, -0.2) is 0 Å². The van der Waals surface area contributed by atoms with Crippen LogP contribution in [0.3, 0.4) is 0 Å². The minimum absolute atomic E-state index is 0.0124. The van der Waals surface area contributed by atoms with Crippen LogP contribution in [0.25, 0.3) is 10.8 Å². The van der Waals surface area contributed by atoms with Crippen molar-refractivity contribution in [1.82, 2.24) is 5.32 Å². The van der Waals surface area contributed by atoms with E-state index >= 15 is 0 Å². The molecule has 0 radical (unpaired) electrons. The van der Waals surface area contributed by atoms with E-state index in [1.54, 1.807) is 4.90 Å². The molecule has 0 saturated heterocycles. The first-order valence-corrected chi connectivity index (χ1v) is 9.35. The number of benzene rings is 3. The predicted octanol–water partition coefficient (Wildman–Crippen LogP) is 3.69. The summed E-state index contributed by atoms with van der Waals surface area (Å²) in [4.78, 5) is 26.8. The fourth-order valence-corrected chi connectivity index (χ4v) is 3.50. The van der Waals surface area contributed by atoms with Crippen molar-refractivity contribution in [3.63, 3.8) is 0 Å². The van der Waals surface area contributed by atoms with Crippen LogP contribution in [0.2, 0.25) is 0 Å². The van der Waals surface area contributed by atoms with Crippen LogP contribution in [0.1, 0.15) is 22.8 Å². The van der Waals surface area contributed by atoms with Gasteiger partial charge in [0.25, 0.3) is 5.91 Å². The van der Waals surface area contributed by atoms with Crippen molar-refractivity contribution in [1.29, 1.82) is 0 Å². The second-order valence-electron chi connectivity index (χ2n) is 7.16. The summed E-state index contributed by atoms with van der Waals surface area (Å²) in [5, 5.41) is 4.83. The van der Waals surface area contributed by atoms with E-state index in [0.717, 1.165) is 22.2 Å². The smallest absolute Gasteiger partial charge is 0.259 e. The van der Waals surface area contributed by atoms with Crippen LogP contribution in [-0.2, 0) is 4.79 Å². The molecule has 28 heavy (non-hydrogen) atoms. The molecule has 1 aliphatic rings. The van der Waals surface area contributed by atoms with Crippen molar-refractivity contribution in [2.45, 2.75) is 19.9 Å².